The molecule has 2 aromatic rings. The van der Waals surface area contributed by atoms with Crippen molar-refractivity contribution in [1.82, 2.24) is 10.4 Å². The topological polar surface area (TPSA) is 70.7 Å². The molecule has 2 amide bonds. The largest absolute Gasteiger partial charge is 0.416 e. The van der Waals surface area contributed by atoms with Crippen LogP contribution in [0.1, 0.15) is 24.0 Å². The van der Waals surface area contributed by atoms with Crippen molar-refractivity contribution in [2.45, 2.75) is 25.6 Å². The fourth-order valence-electron chi connectivity index (χ4n) is 3.07. The van der Waals surface area contributed by atoms with Gasteiger partial charge in [-0.1, -0.05) is 12.1 Å². The lowest BCUT2D eigenvalue weighted by atomic mass is 10.1. The van der Waals surface area contributed by atoms with E-state index >= 15 is 0 Å². The molecule has 33 heavy (non-hydrogen) atoms. The maximum absolute atomic E-state index is 13.6. The van der Waals surface area contributed by atoms with Gasteiger partial charge in [0.1, 0.15) is 18.1 Å². The molecule has 3 rings (SSSR count). The molecule has 0 saturated heterocycles. The zero-order valence-electron chi connectivity index (χ0n) is 17.2. The third kappa shape index (κ3) is 7.01. The number of nitrogens with zero attached hydrogens (tertiary/aromatic N) is 1. The Balaban J connectivity index is 1.43. The average Bonchev–Trinajstić information content (AvgIpc) is 2.76. The average molecular weight is 469 g/mol. The minimum Gasteiger partial charge on any atom is -0.338 e. The summed E-state index contributed by atoms with van der Waals surface area (Å²) in [6, 6.07) is 7.45. The van der Waals surface area contributed by atoms with E-state index in [2.05, 4.69) is 10.8 Å². The van der Waals surface area contributed by atoms with Crippen LogP contribution in [0.25, 0.3) is 0 Å². The lowest BCUT2D eigenvalue weighted by molar-refractivity contribution is -0.138. The number of carbonyl (C=O) groups excluding carboxylic acids is 2. The SMILES string of the molecule is O=C(CC(=O)N1CC=C(NOCc2cccc(C(F)(F)F)c2)CC1)Nc1ccc(F)cc1F. The molecule has 0 saturated carbocycles. The summed E-state index contributed by atoms with van der Waals surface area (Å²) in [5.41, 5.74) is 2.66. The first-order valence-corrected chi connectivity index (χ1v) is 9.87. The van der Waals surface area contributed by atoms with Gasteiger partial charge in [0.25, 0.3) is 0 Å². The monoisotopic (exact) mass is 469 g/mol. The minimum atomic E-state index is -4.44. The van der Waals surface area contributed by atoms with Crippen molar-refractivity contribution in [3.63, 3.8) is 0 Å². The Kier molecular flexibility index (Phi) is 7.64. The molecule has 0 fully saturated rings. The number of hydrogen-bond acceptors (Lipinski definition) is 4. The van der Waals surface area contributed by atoms with Crippen LogP contribution in [0.3, 0.4) is 0 Å². The number of anilines is 1. The fraction of sp³-hybridized carbons (Fsp3) is 0.273. The molecule has 11 heteroatoms. The summed E-state index contributed by atoms with van der Waals surface area (Å²) >= 11 is 0. The highest BCUT2D eigenvalue weighted by molar-refractivity contribution is 6.03. The summed E-state index contributed by atoms with van der Waals surface area (Å²) in [4.78, 5) is 31.0. The van der Waals surface area contributed by atoms with Gasteiger partial charge in [-0.2, -0.15) is 13.2 Å². The third-order valence-electron chi connectivity index (χ3n) is 4.78. The van der Waals surface area contributed by atoms with Crippen molar-refractivity contribution in [3.8, 4) is 0 Å². The first-order chi connectivity index (χ1) is 15.6. The standard InChI is InChI=1S/C22H20F5N3O3/c23-16-4-5-19(18(24)11-16)28-20(31)12-21(32)30-8-6-17(7-9-30)29-33-13-14-2-1-3-15(10-14)22(25,26)27/h1-6,10-11,29H,7-9,12-13H2,(H,28,31). The van der Waals surface area contributed by atoms with Crippen LogP contribution >= 0.6 is 0 Å². The molecule has 0 bridgehead atoms. The van der Waals surface area contributed by atoms with E-state index in [1.165, 1.54) is 17.0 Å². The van der Waals surface area contributed by atoms with Crippen LogP contribution in [0.5, 0.6) is 0 Å². The Morgan fingerprint density at radius 2 is 1.88 bits per heavy atom. The Bertz CT molecular complexity index is 1060. The molecule has 1 heterocycles. The van der Waals surface area contributed by atoms with Gasteiger partial charge in [-0.05, 0) is 35.9 Å². The number of nitrogens with one attached hydrogen (secondary N) is 2. The van der Waals surface area contributed by atoms with E-state index in [0.29, 0.717) is 23.7 Å². The molecular weight excluding hydrogens is 449 g/mol. The number of benzene rings is 2. The molecule has 176 valence electrons. The van der Waals surface area contributed by atoms with Crippen molar-refractivity contribution in [1.29, 1.82) is 0 Å². The summed E-state index contributed by atoms with van der Waals surface area (Å²) < 4.78 is 64.8. The predicted octanol–water partition coefficient (Wildman–Crippen LogP) is 4.15. The molecule has 0 unspecified atom stereocenters. The van der Waals surface area contributed by atoms with Crippen LogP contribution in [-0.4, -0.2) is 29.8 Å². The quantitative estimate of drug-likeness (QED) is 0.363. The lowest BCUT2D eigenvalue weighted by Gasteiger charge is -2.26. The van der Waals surface area contributed by atoms with Gasteiger partial charge in [-0.3, -0.25) is 19.9 Å². The molecule has 0 atom stereocenters. The van der Waals surface area contributed by atoms with Gasteiger partial charge in [-0.15, -0.1) is 0 Å². The van der Waals surface area contributed by atoms with Crippen LogP contribution < -0.4 is 10.8 Å². The first kappa shape index (κ1) is 24.2. The number of amides is 2. The van der Waals surface area contributed by atoms with Crippen LogP contribution in [-0.2, 0) is 27.2 Å². The third-order valence-corrected chi connectivity index (χ3v) is 4.78. The maximum Gasteiger partial charge on any atom is 0.416 e. The molecule has 2 aromatic carbocycles. The van der Waals surface area contributed by atoms with Gasteiger partial charge in [0.15, 0.2) is 0 Å². The van der Waals surface area contributed by atoms with E-state index in [1.54, 1.807) is 6.08 Å². The van der Waals surface area contributed by atoms with Crippen LogP contribution in [0.4, 0.5) is 27.6 Å². The van der Waals surface area contributed by atoms with Gasteiger partial charge < -0.3 is 10.2 Å². The van der Waals surface area contributed by atoms with E-state index in [0.717, 1.165) is 24.3 Å². The lowest BCUT2D eigenvalue weighted by Crippen LogP contribution is -2.38. The zero-order valence-corrected chi connectivity index (χ0v) is 17.2. The molecule has 0 radical (unpaired) electrons. The summed E-state index contributed by atoms with van der Waals surface area (Å²) in [7, 11) is 0. The van der Waals surface area contributed by atoms with Gasteiger partial charge in [0.2, 0.25) is 11.8 Å². The summed E-state index contributed by atoms with van der Waals surface area (Å²) in [5.74, 6) is -2.94. The summed E-state index contributed by atoms with van der Waals surface area (Å²) in [5, 5.41) is 2.23. The van der Waals surface area contributed by atoms with Gasteiger partial charge >= 0.3 is 6.18 Å². The number of alkyl halides is 3. The predicted molar refractivity (Wildman–Crippen MR) is 108 cm³/mol. The Hall–Kier alpha value is -3.47. The number of carbonyl (C=O) groups is 2. The highest BCUT2D eigenvalue weighted by Crippen LogP contribution is 2.29. The molecule has 0 aromatic heterocycles. The second-order valence-corrected chi connectivity index (χ2v) is 7.26. The highest BCUT2D eigenvalue weighted by atomic mass is 19.4. The smallest absolute Gasteiger partial charge is 0.338 e. The number of hydroxylamine groups is 1. The minimum absolute atomic E-state index is 0.0932. The fourth-order valence-corrected chi connectivity index (χ4v) is 3.07. The van der Waals surface area contributed by atoms with E-state index in [4.69, 9.17) is 4.84 Å². The normalized spacial score (nSPS) is 14.0. The van der Waals surface area contributed by atoms with Crippen LogP contribution in [0.2, 0.25) is 0 Å². The van der Waals surface area contributed by atoms with E-state index in [9.17, 15) is 31.5 Å². The summed E-state index contributed by atoms with van der Waals surface area (Å²) in [6.07, 6.45) is -2.91. The van der Waals surface area contributed by atoms with Crippen molar-refractivity contribution in [2.75, 3.05) is 18.4 Å². The Morgan fingerprint density at radius 3 is 2.55 bits per heavy atom. The van der Waals surface area contributed by atoms with Crippen molar-refractivity contribution in [3.05, 3.63) is 77.0 Å². The molecule has 1 aliphatic heterocycles. The van der Waals surface area contributed by atoms with Crippen molar-refractivity contribution < 1.29 is 36.4 Å². The van der Waals surface area contributed by atoms with Crippen LogP contribution in [0, 0.1) is 11.6 Å². The maximum atomic E-state index is 13.6. The van der Waals surface area contributed by atoms with E-state index < -0.39 is 41.6 Å². The molecule has 0 spiro atoms. The van der Waals surface area contributed by atoms with Gasteiger partial charge in [0.05, 0.1) is 17.9 Å². The molecule has 1 aliphatic rings. The first-order valence-electron chi connectivity index (χ1n) is 9.87. The number of rotatable bonds is 7. The number of halogens is 5. The number of hydrogen-bond donors (Lipinski definition) is 2. The van der Waals surface area contributed by atoms with Crippen molar-refractivity contribution in [2.24, 2.45) is 0 Å². The second-order valence-electron chi connectivity index (χ2n) is 7.26. The molecule has 2 N–H and O–H groups in total. The van der Waals surface area contributed by atoms with Crippen LogP contribution in [0.15, 0.2) is 54.2 Å². The molecular formula is C22H20F5N3O3. The Labute approximate surface area is 186 Å². The summed E-state index contributed by atoms with van der Waals surface area (Å²) in [6.45, 7) is 0.374. The van der Waals surface area contributed by atoms with E-state index in [1.807, 2.05) is 0 Å². The second kappa shape index (κ2) is 10.4. The Morgan fingerprint density at radius 1 is 1.09 bits per heavy atom. The molecule has 0 aliphatic carbocycles. The van der Waals surface area contributed by atoms with Crippen molar-refractivity contribution >= 4 is 17.5 Å². The van der Waals surface area contributed by atoms with Gasteiger partial charge in [-0.25, -0.2) is 8.78 Å². The molecule has 6 nitrogen and oxygen atoms in total. The van der Waals surface area contributed by atoms with Gasteiger partial charge in [0, 0.05) is 31.3 Å². The zero-order chi connectivity index (χ0) is 24.0. The van der Waals surface area contributed by atoms with E-state index in [-0.39, 0.29) is 25.4 Å². The highest BCUT2D eigenvalue weighted by Gasteiger charge is 2.30.